The molecule has 0 unspecified atom stereocenters. The van der Waals surface area contributed by atoms with E-state index in [0.29, 0.717) is 0 Å². The second kappa shape index (κ2) is 7.24. The molecule has 1 heterocycles. The fourth-order valence-corrected chi connectivity index (χ4v) is 3.56. The molecule has 0 atom stereocenters. The zero-order valence-electron chi connectivity index (χ0n) is 14.6. The predicted octanol–water partition coefficient (Wildman–Crippen LogP) is 1.14. The van der Waals surface area contributed by atoms with Gasteiger partial charge in [0.25, 0.3) is 5.56 Å². The molecule has 1 aromatic heterocycles. The molecule has 144 valence electrons. The minimum absolute atomic E-state index is 0.0577. The van der Waals surface area contributed by atoms with E-state index in [0.717, 1.165) is 10.9 Å². The lowest BCUT2D eigenvalue weighted by Gasteiger charge is -2.11. The molecule has 0 bridgehead atoms. The van der Waals surface area contributed by atoms with E-state index < -0.39 is 33.8 Å². The number of hydrogen-bond donors (Lipinski definition) is 2. The van der Waals surface area contributed by atoms with Crippen molar-refractivity contribution in [3.05, 3.63) is 64.6 Å². The lowest BCUT2D eigenvalue weighted by molar-refractivity contribution is -0.117. The van der Waals surface area contributed by atoms with E-state index >= 15 is 0 Å². The molecule has 0 aliphatic rings. The van der Waals surface area contributed by atoms with Crippen LogP contribution < -0.4 is 10.9 Å². The van der Waals surface area contributed by atoms with Crippen LogP contribution in [0.25, 0.3) is 10.8 Å². The van der Waals surface area contributed by atoms with Crippen LogP contribution in [0, 0.1) is 0 Å². The van der Waals surface area contributed by atoms with Gasteiger partial charge in [0.05, 0.1) is 16.0 Å². The fraction of sp³-hybridized carbons (Fsp3) is 0.111. The topological polar surface area (TPSA) is 135 Å². The lowest BCUT2D eigenvalue weighted by atomic mass is 10.1. The maximum Gasteiger partial charge on any atom is 0.357 e. The van der Waals surface area contributed by atoms with Crippen molar-refractivity contribution in [2.24, 2.45) is 0 Å². The predicted molar refractivity (Wildman–Crippen MR) is 101 cm³/mol. The zero-order chi connectivity index (χ0) is 20.5. The Kier molecular flexibility index (Phi) is 4.97. The first-order valence-electron chi connectivity index (χ1n) is 8.00. The average Bonchev–Trinajstić information content (AvgIpc) is 2.63. The number of carbonyl (C=O) groups is 2. The van der Waals surface area contributed by atoms with E-state index in [-0.39, 0.29) is 27.0 Å². The van der Waals surface area contributed by atoms with Crippen molar-refractivity contribution < 1.29 is 23.1 Å². The van der Waals surface area contributed by atoms with Crippen LogP contribution in [0.15, 0.2) is 58.2 Å². The molecule has 3 aromatic rings. The molecule has 0 saturated carbocycles. The summed E-state index contributed by atoms with van der Waals surface area (Å²) in [4.78, 5) is 36.3. The summed E-state index contributed by atoms with van der Waals surface area (Å²) in [5, 5.41) is 15.8. The average molecular weight is 401 g/mol. The van der Waals surface area contributed by atoms with Crippen LogP contribution in [0.4, 0.5) is 5.69 Å². The van der Waals surface area contributed by atoms with Crippen LogP contribution in [-0.2, 0) is 21.2 Å². The Morgan fingerprint density at radius 2 is 1.68 bits per heavy atom. The number of amides is 1. The summed E-state index contributed by atoms with van der Waals surface area (Å²) in [5.74, 6) is -2.06. The van der Waals surface area contributed by atoms with Crippen LogP contribution >= 0.6 is 0 Å². The molecule has 1 amide bonds. The highest BCUT2D eigenvalue weighted by Crippen LogP contribution is 2.20. The second-order valence-electron chi connectivity index (χ2n) is 5.98. The van der Waals surface area contributed by atoms with Gasteiger partial charge in [-0.1, -0.05) is 30.3 Å². The number of carboxylic acids is 1. The fourth-order valence-electron chi connectivity index (χ4n) is 2.72. The van der Waals surface area contributed by atoms with Crippen LogP contribution in [-0.4, -0.2) is 41.4 Å². The molecule has 28 heavy (non-hydrogen) atoms. The first kappa shape index (κ1) is 19.2. The molecule has 0 spiro atoms. The molecule has 2 N–H and O–H groups in total. The Labute approximate surface area is 159 Å². The number of para-hydroxylation sites is 1. The van der Waals surface area contributed by atoms with Gasteiger partial charge in [0.1, 0.15) is 6.54 Å². The number of benzene rings is 2. The molecule has 0 fully saturated rings. The van der Waals surface area contributed by atoms with Gasteiger partial charge in [0, 0.05) is 11.6 Å². The molecular weight excluding hydrogens is 386 g/mol. The van der Waals surface area contributed by atoms with Gasteiger partial charge in [-0.3, -0.25) is 9.59 Å². The maximum absolute atomic E-state index is 12.5. The molecule has 0 saturated heterocycles. The normalized spacial score (nSPS) is 11.3. The third-order valence-corrected chi connectivity index (χ3v) is 5.08. The number of aromatic nitrogens is 2. The molecular formula is C18H15N3O6S. The Morgan fingerprint density at radius 3 is 2.32 bits per heavy atom. The lowest BCUT2D eigenvalue weighted by Crippen LogP contribution is -2.31. The summed E-state index contributed by atoms with van der Waals surface area (Å²) >= 11 is 0. The highest BCUT2D eigenvalue weighted by molar-refractivity contribution is 7.90. The van der Waals surface area contributed by atoms with Crippen molar-refractivity contribution >= 4 is 38.2 Å². The van der Waals surface area contributed by atoms with Crippen molar-refractivity contribution in [3.63, 3.8) is 0 Å². The number of hydrogen-bond acceptors (Lipinski definition) is 6. The van der Waals surface area contributed by atoms with Crippen LogP contribution in [0.2, 0.25) is 0 Å². The highest BCUT2D eigenvalue weighted by atomic mass is 32.2. The van der Waals surface area contributed by atoms with Gasteiger partial charge >= 0.3 is 5.97 Å². The van der Waals surface area contributed by atoms with Gasteiger partial charge < -0.3 is 10.4 Å². The van der Waals surface area contributed by atoms with Crippen LogP contribution in [0.1, 0.15) is 10.5 Å². The van der Waals surface area contributed by atoms with Gasteiger partial charge in [0.2, 0.25) is 5.91 Å². The maximum atomic E-state index is 12.5. The van der Waals surface area contributed by atoms with Crippen LogP contribution in [0.5, 0.6) is 0 Å². The third kappa shape index (κ3) is 3.76. The van der Waals surface area contributed by atoms with Gasteiger partial charge in [-0.05, 0) is 18.2 Å². The monoisotopic (exact) mass is 401 g/mol. The number of sulfone groups is 1. The largest absolute Gasteiger partial charge is 0.476 e. The molecule has 2 aromatic carbocycles. The van der Waals surface area contributed by atoms with Gasteiger partial charge in [-0.2, -0.15) is 5.10 Å². The standard InChI is InChI=1S/C18H15N3O6S/c1-28(26,27)14-9-5-4-8-13(14)19-15(22)10-21-17(23)12-7-3-2-6-11(12)16(20-21)18(24)25/h2-9H,10H2,1H3,(H,19,22)(H,24,25). The number of rotatable bonds is 5. The summed E-state index contributed by atoms with van der Waals surface area (Å²) in [5.41, 5.74) is -0.936. The summed E-state index contributed by atoms with van der Waals surface area (Å²) in [6.07, 6.45) is 1.01. The van der Waals surface area contributed by atoms with E-state index in [1.807, 2.05) is 0 Å². The second-order valence-corrected chi connectivity index (χ2v) is 7.96. The molecule has 3 rings (SSSR count). The molecule has 10 heteroatoms. The Balaban J connectivity index is 1.98. The van der Waals surface area contributed by atoms with Crippen molar-refractivity contribution in [1.82, 2.24) is 9.78 Å². The number of nitrogens with one attached hydrogen (secondary N) is 1. The van der Waals surface area contributed by atoms with Crippen molar-refractivity contribution in [2.75, 3.05) is 11.6 Å². The van der Waals surface area contributed by atoms with E-state index in [4.69, 9.17) is 0 Å². The van der Waals surface area contributed by atoms with E-state index in [2.05, 4.69) is 10.4 Å². The Hall–Kier alpha value is -3.53. The summed E-state index contributed by atoms with van der Waals surface area (Å²) < 4.78 is 24.4. The smallest absolute Gasteiger partial charge is 0.357 e. The summed E-state index contributed by atoms with van der Waals surface area (Å²) in [7, 11) is -3.58. The van der Waals surface area contributed by atoms with Crippen molar-refractivity contribution in [3.8, 4) is 0 Å². The van der Waals surface area contributed by atoms with E-state index in [1.54, 1.807) is 18.2 Å². The van der Waals surface area contributed by atoms with Gasteiger partial charge in [0.15, 0.2) is 15.5 Å². The van der Waals surface area contributed by atoms with E-state index in [9.17, 15) is 27.9 Å². The number of anilines is 1. The summed E-state index contributed by atoms with van der Waals surface area (Å²) in [6.45, 7) is -0.581. The molecule has 0 aliphatic carbocycles. The third-order valence-electron chi connectivity index (χ3n) is 3.92. The van der Waals surface area contributed by atoms with E-state index in [1.165, 1.54) is 30.3 Å². The van der Waals surface area contributed by atoms with Gasteiger partial charge in [-0.25, -0.2) is 17.9 Å². The number of nitrogens with zero attached hydrogens (tertiary/aromatic N) is 2. The number of fused-ring (bicyclic) bond motifs is 1. The highest BCUT2D eigenvalue weighted by Gasteiger charge is 2.18. The molecule has 0 radical (unpaired) electrons. The van der Waals surface area contributed by atoms with Gasteiger partial charge in [-0.15, -0.1) is 0 Å². The number of carboxylic acid groups (broad SMARTS) is 1. The first-order chi connectivity index (χ1) is 13.2. The zero-order valence-corrected chi connectivity index (χ0v) is 15.4. The molecule has 9 nitrogen and oxygen atoms in total. The van der Waals surface area contributed by atoms with Crippen molar-refractivity contribution in [1.29, 1.82) is 0 Å². The van der Waals surface area contributed by atoms with Crippen molar-refractivity contribution in [2.45, 2.75) is 11.4 Å². The Morgan fingerprint density at radius 1 is 1.07 bits per heavy atom. The quantitative estimate of drug-likeness (QED) is 0.654. The number of carbonyl (C=O) groups excluding carboxylic acids is 1. The SMILES string of the molecule is CS(=O)(=O)c1ccccc1NC(=O)Cn1nc(C(=O)O)c2ccccc2c1=O. The molecule has 0 aliphatic heterocycles. The minimum Gasteiger partial charge on any atom is -0.476 e. The first-order valence-corrected chi connectivity index (χ1v) is 9.89. The number of aromatic carboxylic acids is 1. The summed E-state index contributed by atoms with van der Waals surface area (Å²) in [6, 6.07) is 11.9. The minimum atomic E-state index is -3.58. The Bertz CT molecular complexity index is 1260. The van der Waals surface area contributed by atoms with Crippen LogP contribution in [0.3, 0.4) is 0 Å².